The van der Waals surface area contributed by atoms with Crippen LogP contribution in [-0.2, 0) is 32.6 Å². The lowest BCUT2D eigenvalue weighted by Gasteiger charge is -2.20. The van der Waals surface area contributed by atoms with Crippen molar-refractivity contribution in [3.63, 3.8) is 0 Å². The number of carbonyl (C=O) groups excluding carboxylic acids is 1. The Morgan fingerprint density at radius 3 is 2.43 bits per heavy atom. The SMILES string of the molecule is CC(C)Cc1noc(COC(=O)[C@@H](NS(=O)(=O)c2ccc(Br)cc2)C(C)C)n1. The zero-order valence-corrected chi connectivity index (χ0v) is 18.6. The van der Waals surface area contributed by atoms with Crippen LogP contribution in [0.3, 0.4) is 0 Å². The molecule has 1 aromatic heterocycles. The van der Waals surface area contributed by atoms with E-state index in [0.717, 1.165) is 4.47 Å². The molecular formula is C18H24BrN3O5S. The van der Waals surface area contributed by atoms with Crippen molar-refractivity contribution in [2.24, 2.45) is 11.8 Å². The maximum Gasteiger partial charge on any atom is 0.324 e. The molecule has 0 bridgehead atoms. The van der Waals surface area contributed by atoms with E-state index in [4.69, 9.17) is 9.26 Å². The summed E-state index contributed by atoms with van der Waals surface area (Å²) in [6.45, 7) is 7.29. The first kappa shape index (κ1) is 22.5. The van der Waals surface area contributed by atoms with Crippen LogP contribution < -0.4 is 4.72 Å². The zero-order valence-electron chi connectivity index (χ0n) is 16.2. The van der Waals surface area contributed by atoms with Crippen LogP contribution >= 0.6 is 15.9 Å². The van der Waals surface area contributed by atoms with Gasteiger partial charge in [-0.05, 0) is 36.1 Å². The van der Waals surface area contributed by atoms with E-state index in [0.29, 0.717) is 18.2 Å². The van der Waals surface area contributed by atoms with E-state index < -0.39 is 22.0 Å². The molecule has 0 spiro atoms. The summed E-state index contributed by atoms with van der Waals surface area (Å²) < 4.78 is 38.6. The number of nitrogens with zero attached hydrogens (tertiary/aromatic N) is 2. The quantitative estimate of drug-likeness (QED) is 0.556. The topological polar surface area (TPSA) is 111 Å². The lowest BCUT2D eigenvalue weighted by molar-refractivity contribution is -0.148. The molecule has 1 N–H and O–H groups in total. The van der Waals surface area contributed by atoms with E-state index in [-0.39, 0.29) is 23.3 Å². The van der Waals surface area contributed by atoms with Crippen molar-refractivity contribution in [3.05, 3.63) is 40.5 Å². The van der Waals surface area contributed by atoms with Gasteiger partial charge < -0.3 is 9.26 Å². The highest BCUT2D eigenvalue weighted by molar-refractivity contribution is 9.10. The normalized spacial score (nSPS) is 13.1. The molecule has 0 saturated heterocycles. The Bertz CT molecular complexity index is 894. The van der Waals surface area contributed by atoms with Gasteiger partial charge in [0.2, 0.25) is 10.0 Å². The van der Waals surface area contributed by atoms with Crippen molar-refractivity contribution >= 4 is 31.9 Å². The van der Waals surface area contributed by atoms with Crippen LogP contribution in [0.2, 0.25) is 0 Å². The summed E-state index contributed by atoms with van der Waals surface area (Å²) in [4.78, 5) is 16.7. The fraction of sp³-hybridized carbons (Fsp3) is 0.500. The highest BCUT2D eigenvalue weighted by Gasteiger charge is 2.30. The molecule has 2 aromatic rings. The fourth-order valence-electron chi connectivity index (χ4n) is 2.32. The van der Waals surface area contributed by atoms with E-state index in [1.54, 1.807) is 26.0 Å². The number of ether oxygens (including phenoxy) is 1. The minimum atomic E-state index is -3.88. The summed E-state index contributed by atoms with van der Waals surface area (Å²) >= 11 is 3.26. The summed E-state index contributed by atoms with van der Waals surface area (Å²) in [7, 11) is -3.88. The number of sulfonamides is 1. The number of hydrogen-bond donors (Lipinski definition) is 1. The van der Waals surface area contributed by atoms with Gasteiger partial charge >= 0.3 is 5.97 Å². The first-order valence-corrected chi connectivity index (χ1v) is 11.1. The van der Waals surface area contributed by atoms with Crippen LogP contribution in [0.4, 0.5) is 0 Å². The number of esters is 1. The van der Waals surface area contributed by atoms with Gasteiger partial charge in [0, 0.05) is 10.9 Å². The Morgan fingerprint density at radius 2 is 1.86 bits per heavy atom. The Kier molecular flexibility index (Phi) is 7.73. The summed E-state index contributed by atoms with van der Waals surface area (Å²) in [6, 6.07) is 5.07. The monoisotopic (exact) mass is 473 g/mol. The second-order valence-corrected chi connectivity index (χ2v) is 9.74. The van der Waals surface area contributed by atoms with E-state index in [2.05, 4.69) is 30.8 Å². The van der Waals surface area contributed by atoms with Gasteiger partial charge in [0.1, 0.15) is 6.04 Å². The molecule has 0 radical (unpaired) electrons. The average molecular weight is 474 g/mol. The smallest absolute Gasteiger partial charge is 0.324 e. The number of carbonyl (C=O) groups is 1. The number of halogens is 1. The van der Waals surface area contributed by atoms with Gasteiger partial charge in [-0.15, -0.1) is 0 Å². The minimum Gasteiger partial charge on any atom is -0.454 e. The van der Waals surface area contributed by atoms with Crippen LogP contribution in [0.25, 0.3) is 0 Å². The van der Waals surface area contributed by atoms with E-state index in [9.17, 15) is 13.2 Å². The molecule has 0 unspecified atom stereocenters. The van der Waals surface area contributed by atoms with Crippen LogP contribution in [-0.4, -0.2) is 30.6 Å². The van der Waals surface area contributed by atoms with Crippen molar-refractivity contribution in [1.29, 1.82) is 0 Å². The van der Waals surface area contributed by atoms with Gasteiger partial charge in [-0.2, -0.15) is 9.71 Å². The first-order valence-electron chi connectivity index (χ1n) is 8.84. The summed E-state index contributed by atoms with van der Waals surface area (Å²) in [6.07, 6.45) is 0.652. The molecule has 0 amide bonds. The fourth-order valence-corrected chi connectivity index (χ4v) is 3.92. The number of benzene rings is 1. The van der Waals surface area contributed by atoms with Gasteiger partial charge in [-0.3, -0.25) is 4.79 Å². The molecule has 1 heterocycles. The van der Waals surface area contributed by atoms with E-state index in [1.165, 1.54) is 12.1 Å². The van der Waals surface area contributed by atoms with Gasteiger partial charge in [-0.25, -0.2) is 8.42 Å². The molecule has 0 aliphatic rings. The Balaban J connectivity index is 2.03. The highest BCUT2D eigenvalue weighted by atomic mass is 79.9. The molecule has 0 aliphatic carbocycles. The van der Waals surface area contributed by atoms with Crippen molar-refractivity contribution in [3.8, 4) is 0 Å². The molecule has 1 aromatic carbocycles. The molecule has 0 saturated carbocycles. The Morgan fingerprint density at radius 1 is 1.21 bits per heavy atom. The van der Waals surface area contributed by atoms with Gasteiger partial charge in [-0.1, -0.05) is 48.8 Å². The molecule has 8 nitrogen and oxygen atoms in total. The predicted molar refractivity (Wildman–Crippen MR) is 106 cm³/mol. The number of aromatic nitrogens is 2. The van der Waals surface area contributed by atoms with Crippen molar-refractivity contribution < 1.29 is 22.5 Å². The first-order chi connectivity index (χ1) is 13.1. The predicted octanol–water partition coefficient (Wildman–Crippen LogP) is 3.08. The summed E-state index contributed by atoms with van der Waals surface area (Å²) in [5.74, 6) is 0.0437. The zero-order chi connectivity index (χ0) is 20.9. The minimum absolute atomic E-state index is 0.0596. The molecule has 28 heavy (non-hydrogen) atoms. The van der Waals surface area contributed by atoms with E-state index in [1.807, 2.05) is 13.8 Å². The van der Waals surface area contributed by atoms with Gasteiger partial charge in [0.05, 0.1) is 4.90 Å². The largest absolute Gasteiger partial charge is 0.454 e. The second kappa shape index (κ2) is 9.62. The van der Waals surface area contributed by atoms with Crippen molar-refractivity contribution in [2.75, 3.05) is 0 Å². The maximum absolute atomic E-state index is 12.6. The van der Waals surface area contributed by atoms with Crippen LogP contribution in [0.1, 0.15) is 39.4 Å². The third kappa shape index (κ3) is 6.39. The Hall–Kier alpha value is -1.78. The molecular weight excluding hydrogens is 450 g/mol. The number of rotatable bonds is 9. The Labute approximate surface area is 173 Å². The molecule has 10 heteroatoms. The molecule has 154 valence electrons. The van der Waals surface area contributed by atoms with Crippen LogP contribution in [0.15, 0.2) is 38.2 Å². The standard InChI is InChI=1S/C18H24BrN3O5S/c1-11(2)9-15-20-16(27-21-15)10-26-18(23)17(12(3)4)22-28(24,25)14-7-5-13(19)6-8-14/h5-8,11-12,17,22H,9-10H2,1-4H3/t17-/m0/s1. The van der Waals surface area contributed by atoms with Gasteiger partial charge in [0.15, 0.2) is 12.4 Å². The molecule has 0 aliphatic heterocycles. The van der Waals surface area contributed by atoms with Crippen molar-refractivity contribution in [2.45, 2.75) is 51.7 Å². The van der Waals surface area contributed by atoms with Crippen LogP contribution in [0, 0.1) is 11.8 Å². The van der Waals surface area contributed by atoms with Gasteiger partial charge in [0.25, 0.3) is 5.89 Å². The van der Waals surface area contributed by atoms with Crippen molar-refractivity contribution in [1.82, 2.24) is 14.9 Å². The van der Waals surface area contributed by atoms with Crippen LogP contribution in [0.5, 0.6) is 0 Å². The molecule has 1 atom stereocenters. The summed E-state index contributed by atoms with van der Waals surface area (Å²) in [5, 5.41) is 3.83. The average Bonchev–Trinajstić information content (AvgIpc) is 3.04. The van der Waals surface area contributed by atoms with E-state index >= 15 is 0 Å². The highest BCUT2D eigenvalue weighted by Crippen LogP contribution is 2.17. The second-order valence-electron chi connectivity index (χ2n) is 7.11. The molecule has 0 fully saturated rings. The maximum atomic E-state index is 12.6. The lowest BCUT2D eigenvalue weighted by atomic mass is 10.1. The molecule has 2 rings (SSSR count). The lowest BCUT2D eigenvalue weighted by Crippen LogP contribution is -2.45. The summed E-state index contributed by atoms with van der Waals surface area (Å²) in [5.41, 5.74) is 0. The third-order valence-electron chi connectivity index (χ3n) is 3.77. The number of nitrogens with one attached hydrogen (secondary N) is 1. The third-order valence-corrected chi connectivity index (χ3v) is 5.75. The number of hydrogen-bond acceptors (Lipinski definition) is 7.